The number of anilines is 1. The van der Waals surface area contributed by atoms with Crippen LogP contribution in [-0.4, -0.2) is 66.6 Å². The zero-order chi connectivity index (χ0) is 24.5. The van der Waals surface area contributed by atoms with Gasteiger partial charge >= 0.3 is 5.97 Å². The van der Waals surface area contributed by atoms with E-state index in [1.54, 1.807) is 6.07 Å². The van der Waals surface area contributed by atoms with Gasteiger partial charge in [-0.2, -0.15) is 0 Å². The van der Waals surface area contributed by atoms with Crippen LogP contribution in [0, 0.1) is 0 Å². The molecule has 0 spiro atoms. The summed E-state index contributed by atoms with van der Waals surface area (Å²) in [5.74, 6) is -0.462. The second kappa shape index (κ2) is 12.8. The Morgan fingerprint density at radius 2 is 1.91 bits per heavy atom. The van der Waals surface area contributed by atoms with Crippen LogP contribution in [-0.2, 0) is 16.0 Å². The van der Waals surface area contributed by atoms with Crippen molar-refractivity contribution in [2.75, 3.05) is 38.5 Å². The second-order valence-corrected chi connectivity index (χ2v) is 9.38. The molecule has 0 atom stereocenters. The molecule has 5 N–H and O–H groups in total. The summed E-state index contributed by atoms with van der Waals surface area (Å²) in [7, 11) is 0. The Bertz CT molecular complexity index is 887. The van der Waals surface area contributed by atoms with Gasteiger partial charge in [-0.05, 0) is 44.7 Å². The maximum atomic E-state index is 12.9. The van der Waals surface area contributed by atoms with E-state index in [1.807, 2.05) is 0 Å². The number of aliphatic carboxylic acids is 1. The summed E-state index contributed by atoms with van der Waals surface area (Å²) in [5.41, 5.74) is 7.80. The number of hydrogen-bond acceptors (Lipinski definition) is 6. The minimum atomic E-state index is -0.842. The van der Waals surface area contributed by atoms with Crippen LogP contribution in [0.25, 0.3) is 0 Å². The summed E-state index contributed by atoms with van der Waals surface area (Å²) in [5, 5.41) is 14.9. The number of halogens is 1. The van der Waals surface area contributed by atoms with Crippen molar-refractivity contribution in [1.29, 1.82) is 0 Å². The normalized spacial score (nSPS) is 16.0. The average molecular weight is 495 g/mol. The van der Waals surface area contributed by atoms with E-state index >= 15 is 0 Å². The van der Waals surface area contributed by atoms with Crippen molar-refractivity contribution in [3.05, 3.63) is 22.2 Å². The van der Waals surface area contributed by atoms with Gasteiger partial charge in [0.05, 0.1) is 22.9 Å². The molecule has 1 saturated heterocycles. The van der Waals surface area contributed by atoms with Gasteiger partial charge in [-0.15, -0.1) is 0 Å². The van der Waals surface area contributed by atoms with E-state index in [1.165, 1.54) is 0 Å². The molecule has 2 aliphatic rings. The Hall–Kier alpha value is -2.52. The number of benzene rings is 1. The first-order chi connectivity index (χ1) is 16.3. The van der Waals surface area contributed by atoms with E-state index in [0.29, 0.717) is 54.4 Å². The Labute approximate surface area is 205 Å². The fourth-order valence-electron chi connectivity index (χ4n) is 4.45. The third-order valence-corrected chi connectivity index (χ3v) is 6.72. The number of fused-ring (bicyclic) bond motifs is 1. The molecule has 10 heteroatoms. The summed E-state index contributed by atoms with van der Waals surface area (Å²) in [6.07, 6.45) is 6.27. The standard InChI is InChI=1S/C24H35ClN4O5/c25-19-15-18(23-17(22(19)26)9-14-34-23)24(33)28-16-7-12-29(13-8-16)11-3-1-2-5-20(30)27-10-4-6-21(31)32/h15-16H,1-14,26H2,(H,27,30)(H,28,33)(H,31,32). The first-order valence-corrected chi connectivity index (χ1v) is 12.5. The van der Waals surface area contributed by atoms with Gasteiger partial charge in [0.2, 0.25) is 5.91 Å². The molecular formula is C24H35ClN4O5. The highest BCUT2D eigenvalue weighted by Crippen LogP contribution is 2.38. The van der Waals surface area contributed by atoms with E-state index in [2.05, 4.69) is 15.5 Å². The van der Waals surface area contributed by atoms with Crippen LogP contribution in [0.3, 0.4) is 0 Å². The molecule has 0 bridgehead atoms. The van der Waals surface area contributed by atoms with Crippen LogP contribution in [0.2, 0.25) is 5.02 Å². The third kappa shape index (κ3) is 7.50. The number of ether oxygens (including phenoxy) is 1. The smallest absolute Gasteiger partial charge is 0.303 e. The van der Waals surface area contributed by atoms with Crippen molar-refractivity contribution in [2.45, 2.75) is 63.8 Å². The lowest BCUT2D eigenvalue weighted by Gasteiger charge is -2.32. The van der Waals surface area contributed by atoms with E-state index in [0.717, 1.165) is 57.3 Å². The van der Waals surface area contributed by atoms with Crippen molar-refractivity contribution < 1.29 is 24.2 Å². The van der Waals surface area contributed by atoms with Crippen molar-refractivity contribution in [2.24, 2.45) is 0 Å². The number of unbranched alkanes of at least 4 members (excludes halogenated alkanes) is 2. The minimum absolute atomic E-state index is 0.0135. The molecule has 0 aromatic heterocycles. The fourth-order valence-corrected chi connectivity index (χ4v) is 4.68. The topological polar surface area (TPSA) is 134 Å². The van der Waals surface area contributed by atoms with Crippen LogP contribution in [0.5, 0.6) is 5.75 Å². The number of nitrogens with zero attached hydrogens (tertiary/aromatic N) is 1. The van der Waals surface area contributed by atoms with E-state index < -0.39 is 5.97 Å². The number of piperidine rings is 1. The van der Waals surface area contributed by atoms with Crippen LogP contribution in [0.1, 0.15) is 67.3 Å². The minimum Gasteiger partial charge on any atom is -0.492 e. The van der Waals surface area contributed by atoms with Gasteiger partial charge in [0.25, 0.3) is 5.91 Å². The maximum absolute atomic E-state index is 12.9. The summed E-state index contributed by atoms with van der Waals surface area (Å²) in [4.78, 5) is 37.5. The summed E-state index contributed by atoms with van der Waals surface area (Å²) in [6.45, 7) is 3.75. The molecule has 9 nitrogen and oxygen atoms in total. The first kappa shape index (κ1) is 26.1. The highest BCUT2D eigenvalue weighted by atomic mass is 35.5. The lowest BCUT2D eigenvalue weighted by Crippen LogP contribution is -2.44. The number of amides is 2. The molecule has 0 aliphatic carbocycles. The number of carbonyl (C=O) groups excluding carboxylic acids is 2. The quantitative estimate of drug-likeness (QED) is 0.259. The lowest BCUT2D eigenvalue weighted by atomic mass is 10.0. The molecule has 2 heterocycles. The van der Waals surface area contributed by atoms with Gasteiger partial charge < -0.3 is 31.1 Å². The number of hydrogen-bond donors (Lipinski definition) is 4. The number of carbonyl (C=O) groups is 3. The van der Waals surface area contributed by atoms with Crippen molar-refractivity contribution in [3.8, 4) is 5.75 Å². The molecule has 3 rings (SSSR count). The van der Waals surface area contributed by atoms with Gasteiger partial charge in [0, 0.05) is 50.5 Å². The largest absolute Gasteiger partial charge is 0.492 e. The van der Waals surface area contributed by atoms with Gasteiger partial charge in [0.15, 0.2) is 0 Å². The molecule has 1 aromatic rings. The number of carboxylic acid groups (broad SMARTS) is 1. The van der Waals surface area contributed by atoms with Crippen LogP contribution < -0.4 is 21.1 Å². The van der Waals surface area contributed by atoms with Crippen molar-refractivity contribution >= 4 is 35.1 Å². The molecule has 2 aliphatic heterocycles. The monoisotopic (exact) mass is 494 g/mol. The number of nitrogen functional groups attached to an aromatic ring is 1. The molecule has 34 heavy (non-hydrogen) atoms. The van der Waals surface area contributed by atoms with Gasteiger partial charge in [-0.1, -0.05) is 18.0 Å². The van der Waals surface area contributed by atoms with Crippen LogP contribution in [0.4, 0.5) is 5.69 Å². The SMILES string of the molecule is Nc1c(Cl)cc(C(=O)NC2CCN(CCCCCC(=O)NCCCC(=O)O)CC2)c2c1CCO2. The Balaban J connectivity index is 1.29. The number of carboxylic acids is 1. The molecule has 1 aromatic carbocycles. The molecule has 188 valence electrons. The van der Waals surface area contributed by atoms with Crippen LogP contribution in [0.15, 0.2) is 6.07 Å². The molecule has 0 radical (unpaired) electrons. The van der Waals surface area contributed by atoms with Gasteiger partial charge in [-0.3, -0.25) is 14.4 Å². The first-order valence-electron chi connectivity index (χ1n) is 12.1. The molecule has 0 saturated carbocycles. The van der Waals surface area contributed by atoms with E-state index in [9.17, 15) is 14.4 Å². The number of nitrogens with two attached hydrogens (primary N) is 1. The summed E-state index contributed by atoms with van der Waals surface area (Å²) < 4.78 is 5.65. The van der Waals surface area contributed by atoms with Gasteiger partial charge in [-0.25, -0.2) is 0 Å². The average Bonchev–Trinajstić information content (AvgIpc) is 3.30. The van der Waals surface area contributed by atoms with Crippen molar-refractivity contribution in [1.82, 2.24) is 15.5 Å². The van der Waals surface area contributed by atoms with Gasteiger partial charge in [0.1, 0.15) is 5.75 Å². The lowest BCUT2D eigenvalue weighted by molar-refractivity contribution is -0.137. The highest BCUT2D eigenvalue weighted by Gasteiger charge is 2.27. The van der Waals surface area contributed by atoms with Crippen molar-refractivity contribution in [3.63, 3.8) is 0 Å². The summed E-state index contributed by atoms with van der Waals surface area (Å²) in [6, 6.07) is 1.71. The molecular weight excluding hydrogens is 460 g/mol. The molecule has 1 fully saturated rings. The Morgan fingerprint density at radius 3 is 2.65 bits per heavy atom. The maximum Gasteiger partial charge on any atom is 0.303 e. The zero-order valence-electron chi connectivity index (χ0n) is 19.5. The predicted octanol–water partition coefficient (Wildman–Crippen LogP) is 2.59. The zero-order valence-corrected chi connectivity index (χ0v) is 20.3. The Morgan fingerprint density at radius 1 is 1.15 bits per heavy atom. The third-order valence-electron chi connectivity index (χ3n) is 6.41. The highest BCUT2D eigenvalue weighted by molar-refractivity contribution is 6.33. The fraction of sp³-hybridized carbons (Fsp3) is 0.625. The number of likely N-dealkylation sites (tertiary alicyclic amines) is 1. The number of nitrogens with one attached hydrogen (secondary N) is 2. The van der Waals surface area contributed by atoms with Crippen LogP contribution >= 0.6 is 11.6 Å². The molecule has 2 amide bonds. The molecule has 0 unspecified atom stereocenters. The van der Waals surface area contributed by atoms with E-state index in [4.69, 9.17) is 27.2 Å². The van der Waals surface area contributed by atoms with E-state index in [-0.39, 0.29) is 24.3 Å². The second-order valence-electron chi connectivity index (χ2n) is 8.97. The summed E-state index contributed by atoms with van der Waals surface area (Å²) >= 11 is 6.22. The number of rotatable bonds is 12. The predicted molar refractivity (Wildman–Crippen MR) is 130 cm³/mol. The Kier molecular flexibility index (Phi) is 9.83.